The lowest BCUT2D eigenvalue weighted by molar-refractivity contribution is -0.137. The molecule has 36 heavy (non-hydrogen) atoms. The summed E-state index contributed by atoms with van der Waals surface area (Å²) in [6, 6.07) is 17.8. The molecule has 1 atom stereocenters. The van der Waals surface area contributed by atoms with Gasteiger partial charge in [0.2, 0.25) is 5.91 Å². The molecule has 0 saturated carbocycles. The van der Waals surface area contributed by atoms with E-state index in [0.717, 1.165) is 33.9 Å². The molecule has 192 valence electrons. The zero-order valence-corrected chi connectivity index (χ0v) is 21.5. The molecular weight excluding hydrogens is 485 g/mol. The molecule has 3 aromatic rings. The van der Waals surface area contributed by atoms with E-state index in [-0.39, 0.29) is 23.9 Å². The van der Waals surface area contributed by atoms with E-state index in [0.29, 0.717) is 19.6 Å². The lowest BCUT2D eigenvalue weighted by Crippen LogP contribution is -2.44. The molecule has 8 heteroatoms. The van der Waals surface area contributed by atoms with Crippen molar-refractivity contribution in [2.45, 2.75) is 46.5 Å². The smallest absolute Gasteiger partial charge is 0.332 e. The van der Waals surface area contributed by atoms with Gasteiger partial charge in [0, 0.05) is 28.4 Å². The van der Waals surface area contributed by atoms with Gasteiger partial charge in [-0.15, -0.1) is 11.3 Å². The lowest BCUT2D eigenvalue weighted by atomic mass is 10.1. The Labute approximate surface area is 214 Å². The van der Waals surface area contributed by atoms with Gasteiger partial charge in [0.1, 0.15) is 6.54 Å². The second-order valence-electron chi connectivity index (χ2n) is 9.02. The average Bonchev–Trinajstić information content (AvgIpc) is 3.27. The highest BCUT2D eigenvalue weighted by Crippen LogP contribution is 2.29. The number of benzene rings is 2. The quantitative estimate of drug-likeness (QED) is 0.298. The summed E-state index contributed by atoms with van der Waals surface area (Å²) >= 11 is 1.62. The Balaban J connectivity index is 1.83. The third-order valence-corrected chi connectivity index (χ3v) is 7.00. The Bertz CT molecular complexity index is 1140. The third-order valence-electron chi connectivity index (χ3n) is 6.01. The van der Waals surface area contributed by atoms with Crippen molar-refractivity contribution in [2.75, 3.05) is 13.1 Å². The standard InChI is InChI=1S/C28H31F3N2O2S/c1-4-20(2)16-33(27(35)23-11-13-24(14-12-23)28(29,30)31)19-26(34)32(17-22-8-6-5-7-9-22)18-25-15-10-21(3)36-25/h5-15,20H,4,16-19H2,1-3H3/t20-/m0/s1. The van der Waals surface area contributed by atoms with Crippen molar-refractivity contribution in [1.29, 1.82) is 0 Å². The van der Waals surface area contributed by atoms with Crippen LogP contribution in [0.4, 0.5) is 13.2 Å². The molecular formula is C28H31F3N2O2S. The number of nitrogens with zero attached hydrogens (tertiary/aromatic N) is 2. The monoisotopic (exact) mass is 516 g/mol. The van der Waals surface area contributed by atoms with Gasteiger partial charge in [-0.25, -0.2) is 0 Å². The van der Waals surface area contributed by atoms with Crippen molar-refractivity contribution in [2.24, 2.45) is 5.92 Å². The van der Waals surface area contributed by atoms with E-state index in [1.807, 2.05) is 63.2 Å². The Hall–Kier alpha value is -3.13. The minimum Gasteiger partial charge on any atom is -0.332 e. The molecule has 0 saturated heterocycles. The first-order valence-corrected chi connectivity index (χ1v) is 12.7. The molecule has 3 rings (SSSR count). The molecule has 0 bridgehead atoms. The zero-order chi connectivity index (χ0) is 26.3. The summed E-state index contributed by atoms with van der Waals surface area (Å²) in [6.07, 6.45) is -3.68. The molecule has 0 radical (unpaired) electrons. The molecule has 1 aromatic heterocycles. The van der Waals surface area contributed by atoms with Crippen molar-refractivity contribution < 1.29 is 22.8 Å². The predicted octanol–water partition coefficient (Wildman–Crippen LogP) is 6.79. The van der Waals surface area contributed by atoms with Crippen LogP contribution < -0.4 is 0 Å². The first kappa shape index (κ1) is 27.5. The summed E-state index contributed by atoms with van der Waals surface area (Å²) in [5.74, 6) is -0.545. The molecule has 0 aliphatic rings. The number of thiophene rings is 1. The van der Waals surface area contributed by atoms with Gasteiger partial charge in [0.05, 0.1) is 12.1 Å². The molecule has 1 heterocycles. The Morgan fingerprint density at radius 2 is 1.58 bits per heavy atom. The number of rotatable bonds is 10. The summed E-state index contributed by atoms with van der Waals surface area (Å²) in [6.45, 7) is 6.97. The van der Waals surface area contributed by atoms with E-state index < -0.39 is 17.6 Å². The fourth-order valence-corrected chi connectivity index (χ4v) is 4.67. The first-order chi connectivity index (χ1) is 17.1. The average molecular weight is 517 g/mol. The van der Waals surface area contributed by atoms with Gasteiger partial charge in [-0.2, -0.15) is 13.2 Å². The maximum Gasteiger partial charge on any atom is 0.416 e. The van der Waals surface area contributed by atoms with Crippen LogP contribution in [0.1, 0.15) is 51.5 Å². The largest absolute Gasteiger partial charge is 0.416 e. The van der Waals surface area contributed by atoms with E-state index in [1.165, 1.54) is 17.0 Å². The van der Waals surface area contributed by atoms with Crippen LogP contribution in [0, 0.1) is 12.8 Å². The fraction of sp³-hybridized carbons (Fsp3) is 0.357. The lowest BCUT2D eigenvalue weighted by Gasteiger charge is -2.29. The van der Waals surface area contributed by atoms with Gasteiger partial charge in [-0.3, -0.25) is 9.59 Å². The number of hydrogen-bond acceptors (Lipinski definition) is 3. The van der Waals surface area contributed by atoms with Gasteiger partial charge in [-0.05, 0) is 54.8 Å². The first-order valence-electron chi connectivity index (χ1n) is 11.9. The minimum absolute atomic E-state index is 0.124. The minimum atomic E-state index is -4.48. The molecule has 0 fully saturated rings. The van der Waals surface area contributed by atoms with Crippen molar-refractivity contribution >= 4 is 23.2 Å². The molecule has 0 unspecified atom stereocenters. The molecule has 0 aliphatic heterocycles. The van der Waals surface area contributed by atoms with Crippen molar-refractivity contribution in [3.63, 3.8) is 0 Å². The van der Waals surface area contributed by atoms with E-state index >= 15 is 0 Å². The maximum atomic E-state index is 13.5. The van der Waals surface area contributed by atoms with Gasteiger partial charge >= 0.3 is 6.18 Å². The summed E-state index contributed by atoms with van der Waals surface area (Å²) in [4.78, 5) is 32.2. The highest BCUT2D eigenvalue weighted by atomic mass is 32.1. The Morgan fingerprint density at radius 3 is 2.14 bits per heavy atom. The van der Waals surface area contributed by atoms with E-state index in [9.17, 15) is 22.8 Å². The topological polar surface area (TPSA) is 40.6 Å². The van der Waals surface area contributed by atoms with Crippen LogP contribution in [-0.2, 0) is 24.1 Å². The Kier molecular flexibility index (Phi) is 9.31. The second-order valence-corrected chi connectivity index (χ2v) is 10.4. The summed E-state index contributed by atoms with van der Waals surface area (Å²) in [7, 11) is 0. The van der Waals surface area contributed by atoms with Crippen LogP contribution in [0.25, 0.3) is 0 Å². The van der Waals surface area contributed by atoms with Crippen LogP contribution in [0.15, 0.2) is 66.7 Å². The van der Waals surface area contributed by atoms with Gasteiger partial charge in [-0.1, -0.05) is 50.6 Å². The maximum absolute atomic E-state index is 13.5. The number of halogens is 3. The molecule has 4 nitrogen and oxygen atoms in total. The normalized spacial score (nSPS) is 12.3. The van der Waals surface area contributed by atoms with Crippen LogP contribution in [0.3, 0.4) is 0 Å². The van der Waals surface area contributed by atoms with Crippen molar-refractivity contribution in [3.05, 3.63) is 93.2 Å². The number of hydrogen-bond donors (Lipinski definition) is 0. The zero-order valence-electron chi connectivity index (χ0n) is 20.7. The van der Waals surface area contributed by atoms with E-state index in [4.69, 9.17) is 0 Å². The number of amides is 2. The van der Waals surface area contributed by atoms with E-state index in [2.05, 4.69) is 0 Å². The van der Waals surface area contributed by atoms with Crippen molar-refractivity contribution in [3.8, 4) is 0 Å². The van der Waals surface area contributed by atoms with Crippen LogP contribution in [-0.4, -0.2) is 34.7 Å². The van der Waals surface area contributed by atoms with Gasteiger partial charge < -0.3 is 9.80 Å². The van der Waals surface area contributed by atoms with Crippen LogP contribution >= 0.6 is 11.3 Å². The Morgan fingerprint density at radius 1 is 0.917 bits per heavy atom. The second kappa shape index (κ2) is 12.2. The summed E-state index contributed by atoms with van der Waals surface area (Å²) < 4.78 is 38.9. The number of alkyl halides is 3. The predicted molar refractivity (Wildman–Crippen MR) is 137 cm³/mol. The summed E-state index contributed by atoms with van der Waals surface area (Å²) in [5, 5.41) is 0. The highest BCUT2D eigenvalue weighted by Gasteiger charge is 2.31. The fourth-order valence-electron chi connectivity index (χ4n) is 3.77. The van der Waals surface area contributed by atoms with Gasteiger partial charge in [0.15, 0.2) is 0 Å². The van der Waals surface area contributed by atoms with Gasteiger partial charge in [0.25, 0.3) is 5.91 Å². The molecule has 0 N–H and O–H groups in total. The molecule has 2 amide bonds. The van der Waals surface area contributed by atoms with E-state index in [1.54, 1.807) is 16.2 Å². The molecule has 0 spiro atoms. The van der Waals surface area contributed by atoms with Crippen LogP contribution in [0.5, 0.6) is 0 Å². The van der Waals surface area contributed by atoms with Crippen LogP contribution in [0.2, 0.25) is 0 Å². The number of carbonyl (C=O) groups excluding carboxylic acids is 2. The van der Waals surface area contributed by atoms with Crippen molar-refractivity contribution in [1.82, 2.24) is 9.80 Å². The SMILES string of the molecule is CC[C@H](C)CN(CC(=O)N(Cc1ccccc1)Cc1ccc(C)s1)C(=O)c1ccc(C(F)(F)F)cc1. The molecule has 2 aromatic carbocycles. The summed E-state index contributed by atoms with van der Waals surface area (Å²) in [5.41, 5.74) is 0.285. The number of carbonyl (C=O) groups is 2. The number of aryl methyl sites for hydroxylation is 1. The third kappa shape index (κ3) is 7.68. The molecule has 0 aliphatic carbocycles. The highest BCUT2D eigenvalue weighted by molar-refractivity contribution is 7.11.